The molecule has 0 aliphatic rings. The third kappa shape index (κ3) is 4.35. The number of nitrogens with zero attached hydrogens (tertiary/aromatic N) is 1. The van der Waals surface area contributed by atoms with Crippen molar-refractivity contribution < 1.29 is 9.59 Å². The predicted octanol–water partition coefficient (Wildman–Crippen LogP) is 2.33. The van der Waals surface area contributed by atoms with Gasteiger partial charge in [0.2, 0.25) is 5.91 Å². The van der Waals surface area contributed by atoms with Crippen molar-refractivity contribution in [2.45, 2.75) is 19.4 Å². The van der Waals surface area contributed by atoms with Crippen LogP contribution in [0.3, 0.4) is 0 Å². The highest BCUT2D eigenvalue weighted by Gasteiger charge is 2.20. The Labute approximate surface area is 136 Å². The Morgan fingerprint density at radius 2 is 2.23 bits per heavy atom. The number of amides is 3. The Kier molecular flexibility index (Phi) is 5.62. The van der Waals surface area contributed by atoms with Gasteiger partial charge in [-0.05, 0) is 43.0 Å². The third-order valence-electron chi connectivity index (χ3n) is 3.02. The number of nitrogens with one attached hydrogen (secondary N) is 2. The van der Waals surface area contributed by atoms with Gasteiger partial charge in [0.25, 0.3) is 0 Å². The summed E-state index contributed by atoms with van der Waals surface area (Å²) in [6, 6.07) is 4.56. The van der Waals surface area contributed by atoms with E-state index in [0.717, 1.165) is 21.5 Å². The lowest BCUT2D eigenvalue weighted by atomic mass is 10.2. The number of anilines is 1. The van der Waals surface area contributed by atoms with Crippen molar-refractivity contribution in [2.75, 3.05) is 17.3 Å². The highest BCUT2D eigenvalue weighted by atomic mass is 32.2. The van der Waals surface area contributed by atoms with Gasteiger partial charge in [-0.2, -0.15) is 11.8 Å². The summed E-state index contributed by atoms with van der Waals surface area (Å²) in [5.74, 6) is 0.445. The molecule has 1 atom stereocenters. The number of thioether (sulfide) groups is 1. The van der Waals surface area contributed by atoms with Gasteiger partial charge in [-0.1, -0.05) is 17.4 Å². The highest BCUT2D eigenvalue weighted by Crippen LogP contribution is 2.26. The Morgan fingerprint density at radius 3 is 2.91 bits per heavy atom. The largest absolute Gasteiger partial charge is 0.352 e. The van der Waals surface area contributed by atoms with Crippen molar-refractivity contribution in [3.8, 4) is 0 Å². The number of hydrogen-bond donors (Lipinski definition) is 3. The molecule has 0 saturated carbocycles. The average molecular weight is 338 g/mol. The number of thiazole rings is 1. The molecule has 118 valence electrons. The summed E-state index contributed by atoms with van der Waals surface area (Å²) in [6.45, 7) is 2.01. The van der Waals surface area contributed by atoms with Crippen molar-refractivity contribution in [3.05, 3.63) is 23.8 Å². The normalized spacial score (nSPS) is 12.1. The molecule has 3 amide bonds. The van der Waals surface area contributed by atoms with Crippen LogP contribution in [-0.4, -0.2) is 35.0 Å². The smallest absolute Gasteiger partial charge is 0.312 e. The quantitative estimate of drug-likeness (QED) is 0.753. The van der Waals surface area contributed by atoms with Crippen LogP contribution in [0, 0.1) is 6.92 Å². The van der Waals surface area contributed by atoms with Gasteiger partial charge in [0.15, 0.2) is 5.13 Å². The maximum absolute atomic E-state index is 12.3. The third-order valence-corrected chi connectivity index (χ3v) is 4.60. The minimum absolute atomic E-state index is 0.302. The number of benzene rings is 1. The van der Waals surface area contributed by atoms with Crippen LogP contribution in [-0.2, 0) is 4.79 Å². The number of fused-ring (bicyclic) bond motifs is 1. The van der Waals surface area contributed by atoms with Crippen LogP contribution in [0.1, 0.15) is 12.0 Å². The number of urea groups is 1. The molecule has 2 rings (SSSR count). The summed E-state index contributed by atoms with van der Waals surface area (Å²) < 4.78 is 1.01. The van der Waals surface area contributed by atoms with E-state index in [4.69, 9.17) is 5.73 Å². The van der Waals surface area contributed by atoms with Crippen LogP contribution in [0.2, 0.25) is 0 Å². The van der Waals surface area contributed by atoms with Gasteiger partial charge >= 0.3 is 6.03 Å². The van der Waals surface area contributed by atoms with Crippen molar-refractivity contribution in [1.29, 1.82) is 0 Å². The monoisotopic (exact) mass is 338 g/mol. The molecule has 0 radical (unpaired) electrons. The van der Waals surface area contributed by atoms with Gasteiger partial charge in [-0.3, -0.25) is 4.79 Å². The zero-order valence-corrected chi connectivity index (χ0v) is 14.0. The van der Waals surface area contributed by atoms with E-state index in [-0.39, 0.29) is 5.91 Å². The zero-order chi connectivity index (χ0) is 16.1. The second-order valence-electron chi connectivity index (χ2n) is 4.82. The maximum Gasteiger partial charge on any atom is 0.312 e. The molecule has 8 heteroatoms. The lowest BCUT2D eigenvalue weighted by molar-refractivity contribution is -0.117. The minimum Gasteiger partial charge on any atom is -0.352 e. The van der Waals surface area contributed by atoms with Gasteiger partial charge in [0.05, 0.1) is 10.2 Å². The van der Waals surface area contributed by atoms with Crippen molar-refractivity contribution in [2.24, 2.45) is 5.73 Å². The fraction of sp³-hybridized carbons (Fsp3) is 0.357. The van der Waals surface area contributed by atoms with Crippen LogP contribution < -0.4 is 16.4 Å². The first-order valence-corrected chi connectivity index (χ1v) is 8.93. The van der Waals surface area contributed by atoms with Crippen LogP contribution >= 0.6 is 23.1 Å². The lowest BCUT2D eigenvalue weighted by Gasteiger charge is -2.15. The van der Waals surface area contributed by atoms with E-state index in [1.807, 2.05) is 31.4 Å². The number of nitrogens with two attached hydrogens (primary N) is 1. The summed E-state index contributed by atoms with van der Waals surface area (Å²) in [5.41, 5.74) is 7.11. The van der Waals surface area contributed by atoms with Crippen LogP contribution in [0.25, 0.3) is 10.2 Å². The Hall–Kier alpha value is -1.80. The number of rotatable bonds is 6. The number of hydrogen-bond acceptors (Lipinski definition) is 5. The molecule has 0 saturated heterocycles. The fourth-order valence-corrected chi connectivity index (χ4v) is 3.39. The second-order valence-corrected chi connectivity index (χ2v) is 6.84. The molecule has 0 unspecified atom stereocenters. The molecule has 1 heterocycles. The molecule has 0 bridgehead atoms. The van der Waals surface area contributed by atoms with E-state index in [9.17, 15) is 9.59 Å². The zero-order valence-electron chi connectivity index (χ0n) is 12.4. The molecule has 6 nitrogen and oxygen atoms in total. The average Bonchev–Trinajstić information content (AvgIpc) is 2.84. The standard InChI is InChI=1S/C14H18N4O2S2/c1-8-3-4-9-11(7-8)22-14(17-9)18-12(19)10(5-6-21-2)16-13(15)20/h3-4,7,10H,5-6H2,1-2H3,(H3,15,16,20)(H,17,18,19)/t10-/m0/s1. The summed E-state index contributed by atoms with van der Waals surface area (Å²) >= 11 is 3.01. The van der Waals surface area contributed by atoms with Crippen molar-refractivity contribution >= 4 is 50.4 Å². The number of carbonyl (C=O) groups excluding carboxylic acids is 2. The fourth-order valence-electron chi connectivity index (χ4n) is 1.95. The Balaban J connectivity index is 2.10. The summed E-state index contributed by atoms with van der Waals surface area (Å²) in [6.07, 6.45) is 2.45. The Morgan fingerprint density at radius 1 is 1.45 bits per heavy atom. The molecule has 0 aliphatic carbocycles. The SMILES string of the molecule is CSCC[C@H](NC(N)=O)C(=O)Nc1nc2ccc(C)cc2s1. The number of aryl methyl sites for hydroxylation is 1. The summed E-state index contributed by atoms with van der Waals surface area (Å²) in [4.78, 5) is 27.7. The van der Waals surface area contributed by atoms with Gasteiger partial charge in [0.1, 0.15) is 6.04 Å². The molecular weight excluding hydrogens is 320 g/mol. The van der Waals surface area contributed by atoms with Gasteiger partial charge in [0, 0.05) is 0 Å². The van der Waals surface area contributed by atoms with E-state index < -0.39 is 12.1 Å². The minimum atomic E-state index is -0.707. The molecule has 1 aromatic heterocycles. The first-order valence-electron chi connectivity index (χ1n) is 6.72. The van der Waals surface area contributed by atoms with Crippen LogP contribution in [0.15, 0.2) is 18.2 Å². The molecule has 22 heavy (non-hydrogen) atoms. The Bertz CT molecular complexity index is 687. The van der Waals surface area contributed by atoms with E-state index in [2.05, 4.69) is 15.6 Å². The first kappa shape index (κ1) is 16.6. The molecular formula is C14H18N4O2S2. The van der Waals surface area contributed by atoms with E-state index in [1.54, 1.807) is 11.8 Å². The molecule has 0 fully saturated rings. The maximum atomic E-state index is 12.3. The van der Waals surface area contributed by atoms with E-state index >= 15 is 0 Å². The number of aromatic nitrogens is 1. The summed E-state index contributed by atoms with van der Waals surface area (Å²) in [7, 11) is 0. The highest BCUT2D eigenvalue weighted by molar-refractivity contribution is 7.98. The molecule has 0 spiro atoms. The molecule has 4 N–H and O–H groups in total. The van der Waals surface area contributed by atoms with Crippen LogP contribution in [0.4, 0.5) is 9.93 Å². The molecule has 0 aliphatic heterocycles. The van der Waals surface area contributed by atoms with Gasteiger partial charge < -0.3 is 16.4 Å². The topological polar surface area (TPSA) is 97.1 Å². The second kappa shape index (κ2) is 7.46. The van der Waals surface area contributed by atoms with E-state index in [0.29, 0.717) is 11.6 Å². The number of primary amides is 1. The van der Waals surface area contributed by atoms with Crippen LogP contribution in [0.5, 0.6) is 0 Å². The van der Waals surface area contributed by atoms with Gasteiger partial charge in [-0.15, -0.1) is 0 Å². The molecule has 2 aromatic rings. The van der Waals surface area contributed by atoms with Gasteiger partial charge in [-0.25, -0.2) is 9.78 Å². The summed E-state index contributed by atoms with van der Waals surface area (Å²) in [5, 5.41) is 5.74. The van der Waals surface area contributed by atoms with Crippen molar-refractivity contribution in [3.63, 3.8) is 0 Å². The number of carbonyl (C=O) groups is 2. The molecule has 1 aromatic carbocycles. The van der Waals surface area contributed by atoms with E-state index in [1.165, 1.54) is 11.3 Å². The van der Waals surface area contributed by atoms with Crippen molar-refractivity contribution in [1.82, 2.24) is 10.3 Å². The lowest BCUT2D eigenvalue weighted by Crippen LogP contribution is -2.46. The first-order chi connectivity index (χ1) is 10.5. The predicted molar refractivity (Wildman–Crippen MR) is 92.5 cm³/mol.